The fourth-order valence-electron chi connectivity index (χ4n) is 1.88. The third-order valence-corrected chi connectivity index (χ3v) is 3.37. The summed E-state index contributed by atoms with van der Waals surface area (Å²) < 4.78 is 11.2. The Balaban J connectivity index is 2.82. The minimum absolute atomic E-state index is 0.100. The second-order valence-electron chi connectivity index (χ2n) is 5.49. The molecule has 5 heteroatoms. The molecule has 0 aromatic heterocycles. The van der Waals surface area contributed by atoms with Gasteiger partial charge in [-0.15, -0.1) is 0 Å². The Kier molecular flexibility index (Phi) is 5.39. The van der Waals surface area contributed by atoms with Crippen LogP contribution in [0.4, 0.5) is 0 Å². The predicted octanol–water partition coefficient (Wildman–Crippen LogP) is 2.59. The van der Waals surface area contributed by atoms with E-state index in [-0.39, 0.29) is 11.4 Å². The summed E-state index contributed by atoms with van der Waals surface area (Å²) in [7, 11) is 1.70. The molecule has 0 aliphatic carbocycles. The van der Waals surface area contributed by atoms with Crippen LogP contribution in [0.5, 0.6) is 5.75 Å². The molecule has 0 amide bonds. The van der Waals surface area contributed by atoms with E-state index in [0.29, 0.717) is 12.2 Å². The number of nitrogens with zero attached hydrogens (tertiary/aromatic N) is 1. The van der Waals surface area contributed by atoms with Crippen LogP contribution in [0.2, 0.25) is 0 Å². The minimum atomic E-state index is -0.199. The van der Waals surface area contributed by atoms with Gasteiger partial charge in [-0.1, -0.05) is 5.16 Å². The lowest BCUT2D eigenvalue weighted by Crippen LogP contribution is -2.25. The molecule has 0 saturated heterocycles. The van der Waals surface area contributed by atoms with E-state index >= 15 is 0 Å². The van der Waals surface area contributed by atoms with Crippen LogP contribution in [-0.2, 0) is 4.74 Å². The molecular formula is C15H24N2O3. The lowest BCUT2D eigenvalue weighted by molar-refractivity contribution is 0.00534. The SMILES string of the molecule is COC(C)(C)CCOc1c(C)cc(C(N)=NO)cc1C. The third-order valence-electron chi connectivity index (χ3n) is 3.37. The van der Waals surface area contributed by atoms with Gasteiger partial charge >= 0.3 is 0 Å². The van der Waals surface area contributed by atoms with Gasteiger partial charge in [0.1, 0.15) is 5.75 Å². The number of ether oxygens (including phenoxy) is 2. The summed E-state index contributed by atoms with van der Waals surface area (Å²) >= 11 is 0. The zero-order valence-electron chi connectivity index (χ0n) is 12.9. The molecule has 0 radical (unpaired) electrons. The molecule has 0 fully saturated rings. The number of methoxy groups -OCH3 is 1. The highest BCUT2D eigenvalue weighted by atomic mass is 16.5. The maximum atomic E-state index is 8.72. The van der Waals surface area contributed by atoms with Gasteiger partial charge in [0.25, 0.3) is 0 Å². The number of hydrogen-bond donors (Lipinski definition) is 2. The molecule has 0 aliphatic heterocycles. The number of benzene rings is 1. The first-order valence-electron chi connectivity index (χ1n) is 6.58. The van der Waals surface area contributed by atoms with Gasteiger partial charge in [0, 0.05) is 19.1 Å². The Morgan fingerprint density at radius 3 is 2.30 bits per heavy atom. The number of hydrogen-bond acceptors (Lipinski definition) is 4. The Morgan fingerprint density at radius 2 is 1.85 bits per heavy atom. The molecule has 0 unspecified atom stereocenters. The fraction of sp³-hybridized carbons (Fsp3) is 0.533. The molecule has 112 valence electrons. The van der Waals surface area contributed by atoms with Crippen molar-refractivity contribution in [1.29, 1.82) is 0 Å². The smallest absolute Gasteiger partial charge is 0.170 e. The highest BCUT2D eigenvalue weighted by Gasteiger charge is 2.17. The van der Waals surface area contributed by atoms with Gasteiger partial charge in [-0.25, -0.2) is 0 Å². The van der Waals surface area contributed by atoms with Crippen LogP contribution in [-0.4, -0.2) is 30.4 Å². The molecule has 0 aliphatic rings. The van der Waals surface area contributed by atoms with Crippen LogP contribution in [0.15, 0.2) is 17.3 Å². The van der Waals surface area contributed by atoms with Crippen molar-refractivity contribution >= 4 is 5.84 Å². The quantitative estimate of drug-likeness (QED) is 0.363. The highest BCUT2D eigenvalue weighted by Crippen LogP contribution is 2.25. The van der Waals surface area contributed by atoms with E-state index in [2.05, 4.69) is 5.16 Å². The maximum Gasteiger partial charge on any atom is 0.170 e. The number of oxime groups is 1. The Bertz CT molecular complexity index is 473. The van der Waals surface area contributed by atoms with Crippen LogP contribution in [0.25, 0.3) is 0 Å². The fourth-order valence-corrected chi connectivity index (χ4v) is 1.88. The monoisotopic (exact) mass is 280 g/mol. The number of rotatable bonds is 6. The molecule has 5 nitrogen and oxygen atoms in total. The third kappa shape index (κ3) is 4.13. The molecule has 0 saturated carbocycles. The van der Waals surface area contributed by atoms with Crippen molar-refractivity contribution in [3.63, 3.8) is 0 Å². The molecule has 0 bridgehead atoms. The molecule has 1 rings (SSSR count). The van der Waals surface area contributed by atoms with E-state index < -0.39 is 0 Å². The van der Waals surface area contributed by atoms with Crippen LogP contribution in [0.3, 0.4) is 0 Å². The topological polar surface area (TPSA) is 77.1 Å². The van der Waals surface area contributed by atoms with Gasteiger partial charge in [-0.05, 0) is 51.0 Å². The van der Waals surface area contributed by atoms with Crippen LogP contribution < -0.4 is 10.5 Å². The average molecular weight is 280 g/mol. The van der Waals surface area contributed by atoms with E-state index in [1.807, 2.05) is 39.8 Å². The second kappa shape index (κ2) is 6.61. The first-order chi connectivity index (χ1) is 9.30. The van der Waals surface area contributed by atoms with E-state index in [0.717, 1.165) is 23.3 Å². The molecule has 1 aromatic rings. The molecular weight excluding hydrogens is 256 g/mol. The lowest BCUT2D eigenvalue weighted by Gasteiger charge is -2.23. The lowest BCUT2D eigenvalue weighted by atomic mass is 10.0. The minimum Gasteiger partial charge on any atom is -0.493 e. The van der Waals surface area contributed by atoms with Crippen molar-refractivity contribution < 1.29 is 14.7 Å². The van der Waals surface area contributed by atoms with Crippen molar-refractivity contribution in [3.05, 3.63) is 28.8 Å². The summed E-state index contributed by atoms with van der Waals surface area (Å²) in [5.74, 6) is 0.939. The number of amidine groups is 1. The van der Waals surface area contributed by atoms with Gasteiger partial charge in [-0.3, -0.25) is 0 Å². The van der Waals surface area contributed by atoms with E-state index in [1.165, 1.54) is 0 Å². The summed E-state index contributed by atoms with van der Waals surface area (Å²) in [5.41, 5.74) is 8.01. The first kappa shape index (κ1) is 16.3. The Hall–Kier alpha value is -1.75. The van der Waals surface area contributed by atoms with Gasteiger partial charge in [0.2, 0.25) is 0 Å². The largest absolute Gasteiger partial charge is 0.493 e. The maximum absolute atomic E-state index is 8.72. The van der Waals surface area contributed by atoms with Crippen molar-refractivity contribution in [2.45, 2.75) is 39.7 Å². The van der Waals surface area contributed by atoms with Gasteiger partial charge in [0.05, 0.1) is 12.2 Å². The Morgan fingerprint density at radius 1 is 1.30 bits per heavy atom. The Labute approximate surface area is 120 Å². The summed E-state index contributed by atoms with van der Waals surface area (Å²) in [5, 5.41) is 11.7. The molecule has 20 heavy (non-hydrogen) atoms. The number of aryl methyl sites for hydroxylation is 2. The van der Waals surface area contributed by atoms with Gasteiger partial charge in [-0.2, -0.15) is 0 Å². The predicted molar refractivity (Wildman–Crippen MR) is 79.6 cm³/mol. The molecule has 1 aromatic carbocycles. The van der Waals surface area contributed by atoms with E-state index in [1.54, 1.807) is 7.11 Å². The number of nitrogens with two attached hydrogens (primary N) is 1. The van der Waals surface area contributed by atoms with Crippen molar-refractivity contribution in [2.24, 2.45) is 10.9 Å². The van der Waals surface area contributed by atoms with Crippen molar-refractivity contribution in [3.8, 4) is 5.75 Å². The average Bonchev–Trinajstić information content (AvgIpc) is 2.40. The summed E-state index contributed by atoms with van der Waals surface area (Å²) in [4.78, 5) is 0. The zero-order valence-corrected chi connectivity index (χ0v) is 12.9. The van der Waals surface area contributed by atoms with Crippen molar-refractivity contribution in [2.75, 3.05) is 13.7 Å². The molecule has 0 atom stereocenters. The molecule has 0 heterocycles. The van der Waals surface area contributed by atoms with Crippen LogP contribution >= 0.6 is 0 Å². The molecule has 3 N–H and O–H groups in total. The first-order valence-corrected chi connectivity index (χ1v) is 6.58. The summed E-state index contributed by atoms with van der Waals surface area (Å²) in [6, 6.07) is 3.69. The standard InChI is InChI=1S/C15H24N2O3/c1-10-8-12(14(16)17-18)9-11(2)13(10)20-7-6-15(3,4)19-5/h8-9,18H,6-7H2,1-5H3,(H2,16,17). The summed E-state index contributed by atoms with van der Waals surface area (Å²) in [6.45, 7) is 8.51. The second-order valence-corrected chi connectivity index (χ2v) is 5.49. The summed E-state index contributed by atoms with van der Waals surface area (Å²) in [6.07, 6.45) is 0.796. The van der Waals surface area contributed by atoms with E-state index in [9.17, 15) is 0 Å². The van der Waals surface area contributed by atoms with Crippen molar-refractivity contribution in [1.82, 2.24) is 0 Å². The van der Waals surface area contributed by atoms with E-state index in [4.69, 9.17) is 20.4 Å². The van der Waals surface area contributed by atoms with Crippen LogP contribution in [0, 0.1) is 13.8 Å². The van der Waals surface area contributed by atoms with Crippen LogP contribution in [0.1, 0.15) is 37.0 Å². The van der Waals surface area contributed by atoms with Gasteiger partial charge < -0.3 is 20.4 Å². The normalized spacial score (nSPS) is 12.6. The molecule has 0 spiro atoms. The highest BCUT2D eigenvalue weighted by molar-refractivity contribution is 5.97. The van der Waals surface area contributed by atoms with Gasteiger partial charge in [0.15, 0.2) is 5.84 Å². The zero-order chi connectivity index (χ0) is 15.3.